The normalized spacial score (nSPS) is 11.4. The Labute approximate surface area is 222 Å². The predicted molar refractivity (Wildman–Crippen MR) is 147 cm³/mol. The van der Waals surface area contributed by atoms with Gasteiger partial charge in [-0.05, 0) is 48.9 Å². The third-order valence-corrected chi connectivity index (χ3v) is 7.97. The SMILES string of the molecule is COc1cc(-c2cc(C(=O)Nc3cc(S(=O)(=O)N(C)C)ccc3C)c3ccccc3n2)cc(OC)c1OC. The smallest absolute Gasteiger partial charge is 0.256 e. The van der Waals surface area contributed by atoms with E-state index in [0.717, 1.165) is 9.87 Å². The number of carbonyl (C=O) groups excluding carboxylic acids is 1. The minimum Gasteiger partial charge on any atom is -0.493 e. The molecule has 0 unspecified atom stereocenters. The number of amides is 1. The van der Waals surface area contributed by atoms with E-state index in [9.17, 15) is 13.2 Å². The Morgan fingerprint density at radius 2 is 1.55 bits per heavy atom. The van der Waals surface area contributed by atoms with E-state index in [1.54, 1.807) is 31.2 Å². The minimum absolute atomic E-state index is 0.0844. The van der Waals surface area contributed by atoms with Crippen LogP contribution in [-0.4, -0.2) is 59.0 Å². The molecule has 9 nitrogen and oxygen atoms in total. The number of aromatic nitrogens is 1. The van der Waals surface area contributed by atoms with Gasteiger partial charge in [-0.3, -0.25) is 4.79 Å². The van der Waals surface area contributed by atoms with Gasteiger partial charge in [0.15, 0.2) is 11.5 Å². The first-order valence-corrected chi connectivity index (χ1v) is 13.1. The molecule has 0 aliphatic rings. The fourth-order valence-electron chi connectivity index (χ4n) is 4.04. The summed E-state index contributed by atoms with van der Waals surface area (Å²) in [6.07, 6.45) is 0. The number of hydrogen-bond donors (Lipinski definition) is 1. The number of para-hydroxylation sites is 1. The number of carbonyl (C=O) groups is 1. The van der Waals surface area contributed by atoms with Gasteiger partial charge in [0.05, 0.1) is 43.0 Å². The highest BCUT2D eigenvalue weighted by Crippen LogP contribution is 2.41. The highest BCUT2D eigenvalue weighted by atomic mass is 32.2. The predicted octanol–water partition coefficient (Wildman–Crippen LogP) is 4.74. The van der Waals surface area contributed by atoms with Crippen molar-refractivity contribution >= 4 is 32.5 Å². The second-order valence-corrected chi connectivity index (χ2v) is 10.9. The van der Waals surface area contributed by atoms with Crippen molar-refractivity contribution in [1.29, 1.82) is 0 Å². The Hall–Kier alpha value is -4.15. The third-order valence-electron chi connectivity index (χ3n) is 6.16. The molecular formula is C28H29N3O6S. The molecule has 38 heavy (non-hydrogen) atoms. The molecule has 0 aliphatic carbocycles. The van der Waals surface area contributed by atoms with Crippen LogP contribution in [0.3, 0.4) is 0 Å². The number of pyridine rings is 1. The van der Waals surface area contributed by atoms with Crippen LogP contribution in [0.15, 0.2) is 65.6 Å². The molecule has 0 spiro atoms. The van der Waals surface area contributed by atoms with Gasteiger partial charge in [0.1, 0.15) is 0 Å². The van der Waals surface area contributed by atoms with Crippen LogP contribution in [0.25, 0.3) is 22.2 Å². The minimum atomic E-state index is -3.67. The van der Waals surface area contributed by atoms with E-state index >= 15 is 0 Å². The van der Waals surface area contributed by atoms with E-state index in [1.165, 1.54) is 47.6 Å². The Morgan fingerprint density at radius 3 is 2.16 bits per heavy atom. The quantitative estimate of drug-likeness (QED) is 0.347. The van der Waals surface area contributed by atoms with Crippen LogP contribution in [0, 0.1) is 6.92 Å². The van der Waals surface area contributed by atoms with Gasteiger partial charge >= 0.3 is 0 Å². The summed E-state index contributed by atoms with van der Waals surface area (Å²) < 4.78 is 42.8. The van der Waals surface area contributed by atoms with Crippen molar-refractivity contribution in [3.05, 3.63) is 71.8 Å². The second kappa shape index (κ2) is 10.7. The Morgan fingerprint density at radius 1 is 0.895 bits per heavy atom. The highest BCUT2D eigenvalue weighted by Gasteiger charge is 2.21. The van der Waals surface area contributed by atoms with Crippen LogP contribution < -0.4 is 19.5 Å². The molecule has 1 heterocycles. The number of nitrogens with zero attached hydrogens (tertiary/aromatic N) is 2. The van der Waals surface area contributed by atoms with Crippen molar-refractivity contribution in [2.24, 2.45) is 0 Å². The molecule has 0 atom stereocenters. The van der Waals surface area contributed by atoms with Crippen molar-refractivity contribution in [3.63, 3.8) is 0 Å². The fraction of sp³-hybridized carbons (Fsp3) is 0.214. The molecule has 1 aromatic heterocycles. The lowest BCUT2D eigenvalue weighted by atomic mass is 10.0. The van der Waals surface area contributed by atoms with Crippen LogP contribution >= 0.6 is 0 Å². The number of rotatable bonds is 8. The molecule has 0 saturated heterocycles. The van der Waals surface area contributed by atoms with Gasteiger partial charge in [0, 0.05) is 30.7 Å². The standard InChI is InChI=1S/C28H29N3O6S/c1-17-11-12-19(38(33,34)31(2)3)15-23(17)30-28(32)21-16-24(29-22-10-8-7-9-20(21)22)18-13-25(35-4)27(37-6)26(14-18)36-5/h7-16H,1-6H3,(H,30,32). The summed E-state index contributed by atoms with van der Waals surface area (Å²) in [7, 11) is 3.83. The number of nitrogens with one attached hydrogen (secondary N) is 1. The van der Waals surface area contributed by atoms with Crippen LogP contribution in [0.5, 0.6) is 17.2 Å². The Bertz CT molecular complexity index is 1610. The summed E-state index contributed by atoms with van der Waals surface area (Å²) in [6, 6.07) is 17.2. The zero-order valence-electron chi connectivity index (χ0n) is 22.0. The number of benzene rings is 3. The van der Waals surface area contributed by atoms with Crippen LogP contribution in [-0.2, 0) is 10.0 Å². The maximum atomic E-state index is 13.6. The van der Waals surface area contributed by atoms with E-state index in [0.29, 0.717) is 50.7 Å². The number of aryl methyl sites for hydroxylation is 1. The van der Waals surface area contributed by atoms with Crippen molar-refractivity contribution in [3.8, 4) is 28.5 Å². The molecule has 0 aliphatic heterocycles. The lowest BCUT2D eigenvalue weighted by molar-refractivity contribution is 0.102. The van der Waals surface area contributed by atoms with Gasteiger partial charge < -0.3 is 19.5 Å². The molecule has 0 bridgehead atoms. The first kappa shape index (κ1) is 26.9. The largest absolute Gasteiger partial charge is 0.493 e. The number of hydrogen-bond acceptors (Lipinski definition) is 7. The lowest BCUT2D eigenvalue weighted by Crippen LogP contribution is -2.22. The monoisotopic (exact) mass is 535 g/mol. The maximum Gasteiger partial charge on any atom is 0.256 e. The summed E-state index contributed by atoms with van der Waals surface area (Å²) in [6.45, 7) is 1.80. The number of fused-ring (bicyclic) bond motifs is 1. The van der Waals surface area contributed by atoms with E-state index in [2.05, 4.69) is 5.32 Å². The van der Waals surface area contributed by atoms with Crippen LogP contribution in [0.4, 0.5) is 5.69 Å². The summed E-state index contributed by atoms with van der Waals surface area (Å²) in [5.74, 6) is 0.954. The van der Waals surface area contributed by atoms with Crippen LogP contribution in [0.2, 0.25) is 0 Å². The lowest BCUT2D eigenvalue weighted by Gasteiger charge is -2.16. The van der Waals surface area contributed by atoms with Gasteiger partial charge in [0.25, 0.3) is 5.91 Å². The third kappa shape index (κ3) is 5.00. The summed E-state index contributed by atoms with van der Waals surface area (Å²) in [5, 5.41) is 3.54. The second-order valence-electron chi connectivity index (χ2n) is 8.70. The average molecular weight is 536 g/mol. The van der Waals surface area contributed by atoms with Gasteiger partial charge in [-0.25, -0.2) is 17.7 Å². The molecule has 198 valence electrons. The number of sulfonamides is 1. The van der Waals surface area contributed by atoms with Crippen molar-refractivity contribution in [2.45, 2.75) is 11.8 Å². The fourth-order valence-corrected chi connectivity index (χ4v) is 4.97. The first-order valence-electron chi connectivity index (χ1n) is 11.7. The molecule has 4 aromatic rings. The summed E-state index contributed by atoms with van der Waals surface area (Å²) in [5.41, 5.74) is 3.29. The molecular weight excluding hydrogens is 506 g/mol. The molecule has 1 amide bonds. The topological polar surface area (TPSA) is 107 Å². The molecule has 0 fully saturated rings. The zero-order valence-corrected chi connectivity index (χ0v) is 22.8. The summed E-state index contributed by atoms with van der Waals surface area (Å²) in [4.78, 5) is 18.5. The Balaban J connectivity index is 1.83. The van der Waals surface area contributed by atoms with Gasteiger partial charge in [0.2, 0.25) is 15.8 Å². The van der Waals surface area contributed by atoms with Gasteiger partial charge in [-0.2, -0.15) is 0 Å². The molecule has 10 heteroatoms. The molecule has 0 saturated carbocycles. The van der Waals surface area contributed by atoms with Crippen LogP contribution in [0.1, 0.15) is 15.9 Å². The van der Waals surface area contributed by atoms with E-state index in [1.807, 2.05) is 24.3 Å². The average Bonchev–Trinajstić information content (AvgIpc) is 2.92. The van der Waals surface area contributed by atoms with Crippen molar-refractivity contribution < 1.29 is 27.4 Å². The summed E-state index contributed by atoms with van der Waals surface area (Å²) >= 11 is 0. The highest BCUT2D eigenvalue weighted by molar-refractivity contribution is 7.89. The van der Waals surface area contributed by atoms with E-state index in [-0.39, 0.29) is 4.90 Å². The Kier molecular flexibility index (Phi) is 7.56. The maximum absolute atomic E-state index is 13.6. The van der Waals surface area contributed by atoms with Crippen molar-refractivity contribution in [1.82, 2.24) is 9.29 Å². The van der Waals surface area contributed by atoms with Gasteiger partial charge in [-0.1, -0.05) is 24.3 Å². The van der Waals surface area contributed by atoms with E-state index in [4.69, 9.17) is 19.2 Å². The van der Waals surface area contributed by atoms with Gasteiger partial charge in [-0.15, -0.1) is 0 Å². The number of anilines is 1. The molecule has 0 radical (unpaired) electrons. The van der Waals surface area contributed by atoms with Crippen molar-refractivity contribution in [2.75, 3.05) is 40.7 Å². The number of methoxy groups -OCH3 is 3. The first-order chi connectivity index (χ1) is 18.1. The zero-order chi connectivity index (χ0) is 27.6. The number of ether oxygens (including phenoxy) is 3. The molecule has 3 aromatic carbocycles. The molecule has 4 rings (SSSR count). The van der Waals surface area contributed by atoms with E-state index < -0.39 is 15.9 Å². The molecule has 1 N–H and O–H groups in total.